The normalized spacial score (nSPS) is 18.4. The molecule has 0 saturated carbocycles. The summed E-state index contributed by atoms with van der Waals surface area (Å²) in [6.45, 7) is 5.43. The number of halogens is 3. The molecule has 2 aromatic carbocycles. The maximum Gasteiger partial charge on any atom is 0.134 e. The largest absolute Gasteiger partial charge is 0.385 e. The average molecular weight is 457 g/mol. The first-order chi connectivity index (χ1) is 15.2. The number of rotatable bonds is 5. The van der Waals surface area contributed by atoms with Gasteiger partial charge in [-0.1, -0.05) is 19.1 Å². The number of aromatic nitrogens is 1. The average Bonchev–Trinajstić information content (AvgIpc) is 3.26. The Labute approximate surface area is 189 Å². The minimum absolute atomic E-state index is 0.0295. The molecule has 0 saturated heterocycles. The molecular formula is C25H23F3N2OS. The highest BCUT2D eigenvalue weighted by molar-refractivity contribution is 7.15. The van der Waals surface area contributed by atoms with E-state index in [0.717, 1.165) is 33.3 Å². The molecule has 3 atom stereocenters. The van der Waals surface area contributed by atoms with Crippen LogP contribution in [0.5, 0.6) is 0 Å². The fourth-order valence-electron chi connectivity index (χ4n) is 4.57. The van der Waals surface area contributed by atoms with Crippen LogP contribution in [-0.4, -0.2) is 16.3 Å². The van der Waals surface area contributed by atoms with Gasteiger partial charge in [0.05, 0.1) is 27.2 Å². The van der Waals surface area contributed by atoms with Crippen molar-refractivity contribution >= 4 is 11.3 Å². The van der Waals surface area contributed by atoms with Crippen LogP contribution in [0.2, 0.25) is 0 Å². The molecule has 3 unspecified atom stereocenters. The lowest BCUT2D eigenvalue weighted by Crippen LogP contribution is -2.07. The number of thiazole rings is 1. The van der Waals surface area contributed by atoms with Gasteiger partial charge >= 0.3 is 0 Å². The van der Waals surface area contributed by atoms with E-state index in [1.54, 1.807) is 6.92 Å². The number of benzene rings is 2. The molecule has 0 aliphatic heterocycles. The number of aryl methyl sites for hydroxylation is 2. The van der Waals surface area contributed by atoms with Gasteiger partial charge in [0.15, 0.2) is 0 Å². The van der Waals surface area contributed by atoms with Crippen LogP contribution < -0.4 is 0 Å². The van der Waals surface area contributed by atoms with Crippen LogP contribution in [0.25, 0.3) is 10.4 Å². The predicted octanol–water partition coefficient (Wildman–Crippen LogP) is 6.38. The van der Waals surface area contributed by atoms with E-state index in [1.807, 2.05) is 32.0 Å². The summed E-state index contributed by atoms with van der Waals surface area (Å²) >= 11 is 1.48. The first-order valence-electron chi connectivity index (χ1n) is 10.5. The number of hydrogen-bond donors (Lipinski definition) is 1. The van der Waals surface area contributed by atoms with Crippen molar-refractivity contribution in [1.82, 2.24) is 4.98 Å². The summed E-state index contributed by atoms with van der Waals surface area (Å²) in [5.41, 5.74) is 4.07. The molecule has 4 rings (SSSR count). The Bertz CT molecular complexity index is 1230. The summed E-state index contributed by atoms with van der Waals surface area (Å²) in [4.78, 5) is 5.33. The summed E-state index contributed by atoms with van der Waals surface area (Å²) < 4.78 is 43.4. The van der Waals surface area contributed by atoms with Crippen LogP contribution in [0, 0.1) is 31.0 Å². The van der Waals surface area contributed by atoms with Crippen molar-refractivity contribution in [2.75, 3.05) is 0 Å². The number of fused-ring (bicyclic) bond motifs is 1. The summed E-state index contributed by atoms with van der Waals surface area (Å²) in [5.74, 6) is -0.660. The van der Waals surface area contributed by atoms with Crippen molar-refractivity contribution in [2.45, 2.75) is 58.5 Å². The molecule has 166 valence electrons. The third-order valence-electron chi connectivity index (χ3n) is 6.07. The molecule has 1 N–H and O–H groups in total. The van der Waals surface area contributed by atoms with Crippen molar-refractivity contribution in [2.24, 2.45) is 0 Å². The van der Waals surface area contributed by atoms with Crippen LogP contribution in [0.1, 0.15) is 69.7 Å². The highest BCUT2D eigenvalue weighted by Gasteiger charge is 2.36. The molecule has 0 radical (unpaired) electrons. The lowest BCUT2D eigenvalue weighted by molar-refractivity contribution is 0.0929. The molecule has 3 aromatic rings. The molecule has 1 aromatic heterocycles. The Morgan fingerprint density at radius 3 is 2.69 bits per heavy atom. The molecular weight excluding hydrogens is 433 g/mol. The van der Waals surface area contributed by atoms with Gasteiger partial charge in [-0.05, 0) is 72.2 Å². The standard InChI is InChI=1S/C25H23F3N2OS/c1-4-21(27)20-9-16(26)7-15(11-29)18(20)8-14-5-6-17(25-12(2)30-13(3)32-25)23-19(14)10-22(28)24(23)31/h5-7,9,21-22,24,31H,4,8,10H2,1-3H3. The van der Waals surface area contributed by atoms with E-state index >= 15 is 0 Å². The van der Waals surface area contributed by atoms with Gasteiger partial charge in [0, 0.05) is 6.42 Å². The Balaban J connectivity index is 1.88. The first-order valence-corrected chi connectivity index (χ1v) is 11.3. The third-order valence-corrected chi connectivity index (χ3v) is 7.18. The van der Waals surface area contributed by atoms with Crippen molar-refractivity contribution in [3.63, 3.8) is 0 Å². The van der Waals surface area contributed by atoms with Gasteiger partial charge < -0.3 is 5.11 Å². The molecule has 1 aliphatic carbocycles. The first kappa shape index (κ1) is 22.5. The van der Waals surface area contributed by atoms with E-state index in [-0.39, 0.29) is 30.4 Å². The fourth-order valence-corrected chi connectivity index (χ4v) is 5.53. The van der Waals surface area contributed by atoms with Crippen molar-refractivity contribution < 1.29 is 18.3 Å². The maximum absolute atomic E-state index is 14.7. The van der Waals surface area contributed by atoms with E-state index in [9.17, 15) is 23.5 Å². The van der Waals surface area contributed by atoms with Gasteiger partial charge in [-0.15, -0.1) is 11.3 Å². The fraction of sp³-hybridized carbons (Fsp3) is 0.360. The number of alkyl halides is 2. The molecule has 0 fully saturated rings. The summed E-state index contributed by atoms with van der Waals surface area (Å²) in [6.07, 6.45) is -3.80. The Morgan fingerprint density at radius 2 is 2.06 bits per heavy atom. The Hall–Kier alpha value is -2.69. The second kappa shape index (κ2) is 8.68. The number of aliphatic hydroxyl groups is 1. The highest BCUT2D eigenvalue weighted by Crippen LogP contribution is 2.45. The van der Waals surface area contributed by atoms with Crippen molar-refractivity contribution in [3.05, 3.63) is 74.2 Å². The zero-order valence-electron chi connectivity index (χ0n) is 18.0. The third kappa shape index (κ3) is 3.82. The quantitative estimate of drug-likeness (QED) is 0.485. The smallest absolute Gasteiger partial charge is 0.134 e. The second-order valence-corrected chi connectivity index (χ2v) is 9.37. The van der Waals surface area contributed by atoms with E-state index in [4.69, 9.17) is 0 Å². The number of nitrogens with zero attached hydrogens (tertiary/aromatic N) is 2. The zero-order chi connectivity index (χ0) is 23.2. The molecule has 1 heterocycles. The molecule has 0 bridgehead atoms. The lowest BCUT2D eigenvalue weighted by Gasteiger charge is -2.18. The van der Waals surface area contributed by atoms with Crippen LogP contribution in [0.3, 0.4) is 0 Å². The van der Waals surface area contributed by atoms with Crippen molar-refractivity contribution in [1.29, 1.82) is 5.26 Å². The Kier molecular flexibility index (Phi) is 6.11. The van der Waals surface area contributed by atoms with Gasteiger partial charge in [-0.25, -0.2) is 18.2 Å². The summed E-state index contributed by atoms with van der Waals surface area (Å²) in [6, 6.07) is 7.87. The topological polar surface area (TPSA) is 56.9 Å². The van der Waals surface area contributed by atoms with Crippen molar-refractivity contribution in [3.8, 4) is 16.5 Å². The summed E-state index contributed by atoms with van der Waals surface area (Å²) in [5, 5.41) is 21.1. The monoisotopic (exact) mass is 456 g/mol. The Morgan fingerprint density at radius 1 is 1.31 bits per heavy atom. The SMILES string of the molecule is CCC(F)c1cc(F)cc(C#N)c1Cc1ccc(-c2sc(C)nc2C)c2c1CC(F)C2O. The van der Waals surface area contributed by atoms with Gasteiger partial charge in [0.2, 0.25) is 0 Å². The predicted molar refractivity (Wildman–Crippen MR) is 119 cm³/mol. The lowest BCUT2D eigenvalue weighted by atomic mass is 9.88. The number of hydrogen-bond acceptors (Lipinski definition) is 4. The minimum atomic E-state index is -1.45. The van der Waals surface area contributed by atoms with Gasteiger partial charge in [-0.3, -0.25) is 0 Å². The molecule has 32 heavy (non-hydrogen) atoms. The van der Waals surface area contributed by atoms with E-state index in [1.165, 1.54) is 11.3 Å². The van der Waals surface area contributed by atoms with Gasteiger partial charge in [0.1, 0.15) is 24.3 Å². The zero-order valence-corrected chi connectivity index (χ0v) is 18.9. The van der Waals surface area contributed by atoms with Gasteiger partial charge in [-0.2, -0.15) is 5.26 Å². The van der Waals surface area contributed by atoms with Crippen LogP contribution >= 0.6 is 11.3 Å². The molecule has 0 amide bonds. The molecule has 1 aliphatic rings. The number of aliphatic hydroxyl groups excluding tert-OH is 1. The van der Waals surface area contributed by atoms with Crippen LogP contribution in [0.15, 0.2) is 24.3 Å². The van der Waals surface area contributed by atoms with E-state index in [2.05, 4.69) is 4.98 Å². The van der Waals surface area contributed by atoms with Crippen LogP contribution in [-0.2, 0) is 12.8 Å². The van der Waals surface area contributed by atoms with Gasteiger partial charge in [0.25, 0.3) is 0 Å². The maximum atomic E-state index is 14.7. The molecule has 3 nitrogen and oxygen atoms in total. The van der Waals surface area contributed by atoms with E-state index in [0.29, 0.717) is 22.3 Å². The summed E-state index contributed by atoms with van der Waals surface area (Å²) in [7, 11) is 0. The highest BCUT2D eigenvalue weighted by atomic mass is 32.1. The van der Waals surface area contributed by atoms with Crippen LogP contribution in [0.4, 0.5) is 13.2 Å². The van der Waals surface area contributed by atoms with E-state index < -0.39 is 24.3 Å². The second-order valence-electron chi connectivity index (χ2n) is 8.16. The molecule has 7 heteroatoms. The number of nitriles is 1. The minimum Gasteiger partial charge on any atom is -0.385 e. The molecule has 0 spiro atoms.